The SMILES string of the molecule is CCCNC(=O)[C@H](C)OC(=O)C1CCN(C(=O)Nc2ccccc2)CC1. The largest absolute Gasteiger partial charge is 0.452 e. The van der Waals surface area contributed by atoms with Gasteiger partial charge in [-0.1, -0.05) is 25.1 Å². The number of carbonyl (C=O) groups is 3. The van der Waals surface area contributed by atoms with Crippen LogP contribution in [0.4, 0.5) is 10.5 Å². The molecule has 7 heteroatoms. The number of carbonyl (C=O) groups excluding carboxylic acids is 3. The highest BCUT2D eigenvalue weighted by molar-refractivity contribution is 5.89. The van der Waals surface area contributed by atoms with E-state index in [4.69, 9.17) is 4.74 Å². The summed E-state index contributed by atoms with van der Waals surface area (Å²) >= 11 is 0. The molecule has 0 aliphatic carbocycles. The van der Waals surface area contributed by atoms with E-state index < -0.39 is 6.10 Å². The van der Waals surface area contributed by atoms with Crippen molar-refractivity contribution in [2.45, 2.75) is 39.2 Å². The second-order valence-corrected chi connectivity index (χ2v) is 6.43. The molecule has 1 aromatic carbocycles. The van der Waals surface area contributed by atoms with E-state index >= 15 is 0 Å². The van der Waals surface area contributed by atoms with Crippen LogP contribution in [0.15, 0.2) is 30.3 Å². The Bertz CT molecular complexity index is 612. The highest BCUT2D eigenvalue weighted by atomic mass is 16.5. The van der Waals surface area contributed by atoms with Crippen molar-refractivity contribution in [3.05, 3.63) is 30.3 Å². The molecule has 2 N–H and O–H groups in total. The van der Waals surface area contributed by atoms with Crippen molar-refractivity contribution in [3.8, 4) is 0 Å². The number of amides is 3. The van der Waals surface area contributed by atoms with Gasteiger partial charge in [0.15, 0.2) is 6.10 Å². The van der Waals surface area contributed by atoms with Gasteiger partial charge in [0.05, 0.1) is 5.92 Å². The van der Waals surface area contributed by atoms with Crippen molar-refractivity contribution in [2.24, 2.45) is 5.92 Å². The minimum Gasteiger partial charge on any atom is -0.452 e. The van der Waals surface area contributed by atoms with E-state index in [2.05, 4.69) is 10.6 Å². The lowest BCUT2D eigenvalue weighted by molar-refractivity contribution is -0.159. The molecule has 1 aliphatic rings. The zero-order chi connectivity index (χ0) is 18.9. The van der Waals surface area contributed by atoms with E-state index in [1.165, 1.54) is 0 Å². The van der Waals surface area contributed by atoms with Gasteiger partial charge in [-0.25, -0.2) is 4.79 Å². The fourth-order valence-corrected chi connectivity index (χ4v) is 2.76. The minimum absolute atomic E-state index is 0.171. The summed E-state index contributed by atoms with van der Waals surface area (Å²) in [7, 11) is 0. The quantitative estimate of drug-likeness (QED) is 0.762. The number of nitrogens with zero attached hydrogens (tertiary/aromatic N) is 1. The zero-order valence-electron chi connectivity index (χ0n) is 15.4. The van der Waals surface area contributed by atoms with E-state index in [1.807, 2.05) is 37.3 Å². The van der Waals surface area contributed by atoms with Crippen molar-refractivity contribution in [3.63, 3.8) is 0 Å². The molecule has 0 bridgehead atoms. The molecule has 1 atom stereocenters. The molecule has 1 fully saturated rings. The molecule has 0 saturated carbocycles. The number of likely N-dealkylation sites (tertiary alicyclic amines) is 1. The summed E-state index contributed by atoms with van der Waals surface area (Å²) in [5.74, 6) is -0.927. The molecule has 142 valence electrons. The Kier molecular flexibility index (Phi) is 7.44. The molecule has 1 aromatic rings. The molecule has 0 spiro atoms. The molecule has 3 amide bonds. The predicted octanol–water partition coefficient (Wildman–Crippen LogP) is 2.39. The van der Waals surface area contributed by atoms with Crippen molar-refractivity contribution >= 4 is 23.6 Å². The molecule has 7 nitrogen and oxygen atoms in total. The summed E-state index contributed by atoms with van der Waals surface area (Å²) in [6, 6.07) is 9.08. The molecule has 0 radical (unpaired) electrons. The van der Waals surface area contributed by atoms with Crippen LogP contribution >= 0.6 is 0 Å². The zero-order valence-corrected chi connectivity index (χ0v) is 15.4. The monoisotopic (exact) mass is 361 g/mol. The van der Waals surface area contributed by atoms with E-state index in [9.17, 15) is 14.4 Å². The Morgan fingerprint density at radius 1 is 1.19 bits per heavy atom. The summed E-state index contributed by atoms with van der Waals surface area (Å²) in [6.07, 6.45) is 1.10. The van der Waals surface area contributed by atoms with E-state index in [-0.39, 0.29) is 23.8 Å². The third-order valence-corrected chi connectivity index (χ3v) is 4.35. The Morgan fingerprint density at radius 3 is 2.46 bits per heavy atom. The first-order valence-electron chi connectivity index (χ1n) is 9.10. The second kappa shape index (κ2) is 9.79. The first-order chi connectivity index (χ1) is 12.5. The molecule has 1 aliphatic heterocycles. The molecule has 2 rings (SSSR count). The Morgan fingerprint density at radius 2 is 1.85 bits per heavy atom. The molecule has 1 saturated heterocycles. The van der Waals surface area contributed by atoms with Crippen LogP contribution in [0.1, 0.15) is 33.1 Å². The molecule has 0 aromatic heterocycles. The van der Waals surface area contributed by atoms with Crippen molar-refractivity contribution in [1.82, 2.24) is 10.2 Å². The summed E-state index contributed by atoms with van der Waals surface area (Å²) in [5, 5.41) is 5.55. The average molecular weight is 361 g/mol. The Hall–Kier alpha value is -2.57. The maximum absolute atomic E-state index is 12.3. The van der Waals surface area contributed by atoms with Crippen LogP contribution in [0.25, 0.3) is 0 Å². The standard InChI is InChI=1S/C19H27N3O4/c1-3-11-20-17(23)14(2)26-18(24)15-9-12-22(13-10-15)19(25)21-16-7-5-4-6-8-16/h4-8,14-15H,3,9-13H2,1-2H3,(H,20,23)(H,21,25)/t14-/m0/s1. The van der Waals surface area contributed by atoms with Gasteiger partial charge in [-0.2, -0.15) is 0 Å². The second-order valence-electron chi connectivity index (χ2n) is 6.43. The van der Waals surface area contributed by atoms with Crippen molar-refractivity contribution < 1.29 is 19.1 Å². The number of para-hydroxylation sites is 1. The van der Waals surface area contributed by atoms with Crippen LogP contribution in [0.5, 0.6) is 0 Å². The van der Waals surface area contributed by atoms with Crippen LogP contribution < -0.4 is 10.6 Å². The topological polar surface area (TPSA) is 87.7 Å². The number of hydrogen-bond acceptors (Lipinski definition) is 4. The summed E-state index contributed by atoms with van der Waals surface area (Å²) in [5.41, 5.74) is 0.742. The van der Waals surface area contributed by atoms with Gasteiger partial charge in [0.1, 0.15) is 0 Å². The Labute approximate surface area is 154 Å². The third-order valence-electron chi connectivity index (χ3n) is 4.35. The summed E-state index contributed by atoms with van der Waals surface area (Å²) < 4.78 is 5.27. The number of anilines is 1. The molecule has 26 heavy (non-hydrogen) atoms. The molecule has 0 unspecified atom stereocenters. The normalized spacial score (nSPS) is 15.8. The van der Waals surface area contributed by atoms with Gasteiger partial charge in [-0.15, -0.1) is 0 Å². The lowest BCUT2D eigenvalue weighted by atomic mass is 9.97. The van der Waals surface area contributed by atoms with E-state index in [1.54, 1.807) is 11.8 Å². The smallest absolute Gasteiger partial charge is 0.321 e. The van der Waals surface area contributed by atoms with Gasteiger partial charge in [0.25, 0.3) is 5.91 Å². The number of ether oxygens (including phenoxy) is 1. The van der Waals surface area contributed by atoms with Gasteiger partial charge >= 0.3 is 12.0 Å². The Balaban J connectivity index is 1.75. The highest BCUT2D eigenvalue weighted by Gasteiger charge is 2.30. The lowest BCUT2D eigenvalue weighted by Gasteiger charge is -2.31. The van der Waals surface area contributed by atoms with Crippen LogP contribution in [0, 0.1) is 5.92 Å². The summed E-state index contributed by atoms with van der Waals surface area (Å²) in [6.45, 7) is 5.06. The fourth-order valence-electron chi connectivity index (χ4n) is 2.76. The lowest BCUT2D eigenvalue weighted by Crippen LogP contribution is -2.44. The third kappa shape index (κ3) is 5.75. The number of esters is 1. The van der Waals surface area contributed by atoms with Gasteiger partial charge in [-0.05, 0) is 38.3 Å². The van der Waals surface area contributed by atoms with Crippen LogP contribution in [0.3, 0.4) is 0 Å². The number of urea groups is 1. The fraction of sp³-hybridized carbons (Fsp3) is 0.526. The van der Waals surface area contributed by atoms with Crippen molar-refractivity contribution in [1.29, 1.82) is 0 Å². The van der Waals surface area contributed by atoms with E-state index in [0.29, 0.717) is 32.5 Å². The molecular formula is C19H27N3O4. The van der Waals surface area contributed by atoms with Crippen LogP contribution in [-0.4, -0.2) is 48.5 Å². The van der Waals surface area contributed by atoms with Crippen LogP contribution in [-0.2, 0) is 14.3 Å². The highest BCUT2D eigenvalue weighted by Crippen LogP contribution is 2.20. The number of nitrogens with one attached hydrogen (secondary N) is 2. The van der Waals surface area contributed by atoms with Gasteiger partial charge < -0.3 is 20.3 Å². The van der Waals surface area contributed by atoms with Gasteiger partial charge in [0, 0.05) is 25.3 Å². The number of piperidine rings is 1. The minimum atomic E-state index is -0.798. The number of benzene rings is 1. The summed E-state index contributed by atoms with van der Waals surface area (Å²) in [4.78, 5) is 38.0. The predicted molar refractivity (Wildman–Crippen MR) is 98.6 cm³/mol. The first kappa shape index (κ1) is 19.8. The number of hydrogen-bond donors (Lipinski definition) is 2. The average Bonchev–Trinajstić information content (AvgIpc) is 2.66. The van der Waals surface area contributed by atoms with E-state index in [0.717, 1.165) is 12.1 Å². The maximum atomic E-state index is 12.3. The maximum Gasteiger partial charge on any atom is 0.321 e. The van der Waals surface area contributed by atoms with Crippen molar-refractivity contribution in [2.75, 3.05) is 25.0 Å². The van der Waals surface area contributed by atoms with Gasteiger partial charge in [-0.3, -0.25) is 9.59 Å². The first-order valence-corrected chi connectivity index (χ1v) is 9.10. The number of rotatable bonds is 6. The van der Waals surface area contributed by atoms with Crippen LogP contribution in [0.2, 0.25) is 0 Å². The van der Waals surface area contributed by atoms with Gasteiger partial charge in [0.2, 0.25) is 0 Å². The molecular weight excluding hydrogens is 334 g/mol. The molecule has 1 heterocycles.